The Balaban J connectivity index is 2.16. The molecule has 0 spiro atoms. The van der Waals surface area contributed by atoms with Crippen molar-refractivity contribution in [1.82, 2.24) is 9.80 Å². The van der Waals surface area contributed by atoms with Gasteiger partial charge in [0.15, 0.2) is 0 Å². The maximum absolute atomic E-state index is 12.7. The van der Waals surface area contributed by atoms with Gasteiger partial charge in [-0.2, -0.15) is 0 Å². The minimum atomic E-state index is -1.01. The number of rotatable bonds is 4. The quantitative estimate of drug-likeness (QED) is 0.850. The summed E-state index contributed by atoms with van der Waals surface area (Å²) in [6.07, 6.45) is 3.41. The number of hydrogen-bond acceptors (Lipinski definition) is 3. The van der Waals surface area contributed by atoms with Gasteiger partial charge >= 0.3 is 12.0 Å². The van der Waals surface area contributed by atoms with E-state index in [1.807, 2.05) is 6.92 Å². The van der Waals surface area contributed by atoms with Gasteiger partial charge in [0.1, 0.15) is 5.54 Å². The van der Waals surface area contributed by atoms with E-state index in [0.29, 0.717) is 32.6 Å². The van der Waals surface area contributed by atoms with Crippen molar-refractivity contribution in [3.05, 3.63) is 0 Å². The molecule has 0 radical (unpaired) electrons. The third kappa shape index (κ3) is 2.49. The number of carboxylic acids is 1. The Hall–Kier alpha value is -1.30. The topological polar surface area (TPSA) is 70.1 Å². The van der Waals surface area contributed by atoms with E-state index in [0.717, 1.165) is 19.3 Å². The van der Waals surface area contributed by atoms with Gasteiger partial charge in [0.05, 0.1) is 12.6 Å². The largest absolute Gasteiger partial charge is 0.479 e. The maximum atomic E-state index is 12.7. The average molecular weight is 284 g/mol. The second-order valence-corrected chi connectivity index (χ2v) is 5.75. The Bertz CT molecular complexity index is 381. The van der Waals surface area contributed by atoms with Crippen LogP contribution < -0.4 is 0 Å². The summed E-state index contributed by atoms with van der Waals surface area (Å²) in [5.41, 5.74) is -1.01. The lowest BCUT2D eigenvalue weighted by atomic mass is 9.91. The van der Waals surface area contributed by atoms with Crippen LogP contribution in [0.25, 0.3) is 0 Å². The second-order valence-electron chi connectivity index (χ2n) is 5.75. The van der Waals surface area contributed by atoms with Gasteiger partial charge in [-0.15, -0.1) is 0 Å². The third-order valence-electron chi connectivity index (χ3n) is 4.54. The van der Waals surface area contributed by atoms with Crippen molar-refractivity contribution in [2.24, 2.45) is 0 Å². The SMILES string of the molecule is CCCC1(C(=O)O)CCCN1C(=O)N(C)C1CCOC1. The number of likely N-dealkylation sites (tertiary alicyclic amines) is 1. The number of carbonyl (C=O) groups is 2. The number of hydrogen-bond donors (Lipinski definition) is 1. The first-order chi connectivity index (χ1) is 9.53. The molecule has 0 aromatic heterocycles. The molecule has 2 unspecified atom stereocenters. The van der Waals surface area contributed by atoms with E-state index in [9.17, 15) is 14.7 Å². The Labute approximate surface area is 119 Å². The fourth-order valence-electron chi connectivity index (χ4n) is 3.33. The molecule has 2 heterocycles. The summed E-state index contributed by atoms with van der Waals surface area (Å²) < 4.78 is 5.31. The highest BCUT2D eigenvalue weighted by molar-refractivity contribution is 5.87. The maximum Gasteiger partial charge on any atom is 0.329 e. The Kier molecular flexibility index (Phi) is 4.52. The van der Waals surface area contributed by atoms with Crippen LogP contribution in [-0.4, -0.2) is 65.3 Å². The van der Waals surface area contributed by atoms with Crippen molar-refractivity contribution in [3.63, 3.8) is 0 Å². The molecule has 6 nitrogen and oxygen atoms in total. The molecule has 1 N–H and O–H groups in total. The van der Waals surface area contributed by atoms with Crippen LogP contribution in [0.5, 0.6) is 0 Å². The van der Waals surface area contributed by atoms with E-state index in [2.05, 4.69) is 0 Å². The van der Waals surface area contributed by atoms with Gasteiger partial charge in [0.2, 0.25) is 0 Å². The van der Waals surface area contributed by atoms with Crippen molar-refractivity contribution < 1.29 is 19.4 Å². The number of carbonyl (C=O) groups excluding carboxylic acids is 1. The fraction of sp³-hybridized carbons (Fsp3) is 0.857. The molecule has 0 saturated carbocycles. The summed E-state index contributed by atoms with van der Waals surface area (Å²) >= 11 is 0. The number of aliphatic carboxylic acids is 1. The third-order valence-corrected chi connectivity index (χ3v) is 4.54. The first-order valence-corrected chi connectivity index (χ1v) is 7.38. The summed E-state index contributed by atoms with van der Waals surface area (Å²) in [6.45, 7) is 3.70. The molecule has 2 rings (SSSR count). The van der Waals surface area contributed by atoms with Crippen molar-refractivity contribution in [1.29, 1.82) is 0 Å². The fourth-order valence-corrected chi connectivity index (χ4v) is 3.33. The second kappa shape index (κ2) is 5.99. The van der Waals surface area contributed by atoms with E-state index in [-0.39, 0.29) is 12.1 Å². The zero-order valence-electron chi connectivity index (χ0n) is 12.3. The lowest BCUT2D eigenvalue weighted by molar-refractivity contribution is -0.148. The smallest absolute Gasteiger partial charge is 0.329 e. The predicted octanol–water partition coefficient (Wildman–Crippen LogP) is 1.55. The van der Waals surface area contributed by atoms with Gasteiger partial charge in [0, 0.05) is 20.2 Å². The summed E-state index contributed by atoms with van der Waals surface area (Å²) in [6, 6.07) is -0.106. The number of amides is 2. The number of ether oxygens (including phenoxy) is 1. The number of nitrogens with zero attached hydrogens (tertiary/aromatic N) is 2. The minimum Gasteiger partial charge on any atom is -0.479 e. The van der Waals surface area contributed by atoms with E-state index in [4.69, 9.17) is 4.74 Å². The Morgan fingerprint density at radius 1 is 1.50 bits per heavy atom. The first kappa shape index (κ1) is 15.1. The number of carboxylic acid groups (broad SMARTS) is 1. The minimum absolute atomic E-state index is 0.0659. The van der Waals surface area contributed by atoms with Crippen LogP contribution in [0, 0.1) is 0 Å². The van der Waals surface area contributed by atoms with Crippen LogP contribution in [-0.2, 0) is 9.53 Å². The molecule has 2 saturated heterocycles. The molecule has 0 aliphatic carbocycles. The molecule has 2 aliphatic rings. The molecule has 0 bridgehead atoms. The van der Waals surface area contributed by atoms with Crippen molar-refractivity contribution in [2.75, 3.05) is 26.8 Å². The molecule has 20 heavy (non-hydrogen) atoms. The molecular weight excluding hydrogens is 260 g/mol. The van der Waals surface area contributed by atoms with Gasteiger partial charge in [-0.3, -0.25) is 0 Å². The molecule has 2 atom stereocenters. The standard InChI is InChI=1S/C14H24N2O4/c1-3-6-14(12(17)18)7-4-8-16(14)13(19)15(2)11-5-9-20-10-11/h11H,3-10H2,1-2H3,(H,17,18). The van der Waals surface area contributed by atoms with Crippen LogP contribution >= 0.6 is 0 Å². The molecular formula is C14H24N2O4. The van der Waals surface area contributed by atoms with Crippen LogP contribution in [0.15, 0.2) is 0 Å². The van der Waals surface area contributed by atoms with E-state index in [1.165, 1.54) is 0 Å². The van der Waals surface area contributed by atoms with Gasteiger partial charge in [-0.25, -0.2) is 9.59 Å². The summed E-state index contributed by atoms with van der Waals surface area (Å²) in [5.74, 6) is -0.874. The molecule has 2 fully saturated rings. The molecule has 2 amide bonds. The van der Waals surface area contributed by atoms with E-state index in [1.54, 1.807) is 16.8 Å². The Morgan fingerprint density at radius 2 is 2.25 bits per heavy atom. The van der Waals surface area contributed by atoms with Gasteiger partial charge in [-0.1, -0.05) is 13.3 Å². The lowest BCUT2D eigenvalue weighted by Crippen LogP contribution is -2.57. The first-order valence-electron chi connectivity index (χ1n) is 7.38. The summed E-state index contributed by atoms with van der Waals surface area (Å²) in [4.78, 5) is 27.6. The van der Waals surface area contributed by atoms with Crippen molar-refractivity contribution in [2.45, 2.75) is 50.6 Å². The average Bonchev–Trinajstić information content (AvgIpc) is 3.07. The number of urea groups is 1. The van der Waals surface area contributed by atoms with Crippen LogP contribution in [0.1, 0.15) is 39.0 Å². The van der Waals surface area contributed by atoms with Gasteiger partial charge in [-0.05, 0) is 25.7 Å². The Morgan fingerprint density at radius 3 is 2.80 bits per heavy atom. The highest BCUT2D eigenvalue weighted by atomic mass is 16.5. The van der Waals surface area contributed by atoms with Crippen molar-refractivity contribution >= 4 is 12.0 Å². The van der Waals surface area contributed by atoms with Crippen LogP contribution in [0.2, 0.25) is 0 Å². The molecule has 6 heteroatoms. The van der Waals surface area contributed by atoms with Gasteiger partial charge in [0.25, 0.3) is 0 Å². The van der Waals surface area contributed by atoms with Gasteiger partial charge < -0.3 is 19.6 Å². The highest BCUT2D eigenvalue weighted by Crippen LogP contribution is 2.35. The summed E-state index contributed by atoms with van der Waals surface area (Å²) in [7, 11) is 1.75. The zero-order valence-corrected chi connectivity index (χ0v) is 12.3. The lowest BCUT2D eigenvalue weighted by Gasteiger charge is -2.38. The van der Waals surface area contributed by atoms with E-state index < -0.39 is 11.5 Å². The van der Waals surface area contributed by atoms with Crippen LogP contribution in [0.3, 0.4) is 0 Å². The molecule has 114 valence electrons. The number of likely N-dealkylation sites (N-methyl/N-ethyl adjacent to an activating group) is 1. The highest BCUT2D eigenvalue weighted by Gasteiger charge is 2.50. The molecule has 0 aromatic rings. The molecule has 0 aromatic carbocycles. The predicted molar refractivity (Wildman–Crippen MR) is 73.6 cm³/mol. The zero-order chi connectivity index (χ0) is 14.8. The molecule has 2 aliphatic heterocycles. The van der Waals surface area contributed by atoms with E-state index >= 15 is 0 Å². The van der Waals surface area contributed by atoms with Crippen molar-refractivity contribution in [3.8, 4) is 0 Å². The van der Waals surface area contributed by atoms with Crippen LogP contribution in [0.4, 0.5) is 4.79 Å². The monoisotopic (exact) mass is 284 g/mol. The normalized spacial score (nSPS) is 29.7. The summed E-state index contributed by atoms with van der Waals surface area (Å²) in [5, 5.41) is 9.62.